The third-order valence-corrected chi connectivity index (χ3v) is 4.59. The second-order valence-corrected chi connectivity index (χ2v) is 6.81. The molecule has 0 bridgehead atoms. The minimum absolute atomic E-state index is 0.506. The van der Waals surface area contributed by atoms with Gasteiger partial charge in [0.15, 0.2) is 5.11 Å². The molecule has 7 heteroatoms. The summed E-state index contributed by atoms with van der Waals surface area (Å²) < 4.78 is 0. The lowest BCUT2D eigenvalue weighted by atomic mass is 10.0. The zero-order chi connectivity index (χ0) is 17.6. The first-order chi connectivity index (χ1) is 12.1. The number of nitrogens with one attached hydrogen (secondary N) is 2. The van der Waals surface area contributed by atoms with Crippen LogP contribution >= 0.6 is 12.2 Å². The Bertz CT molecular complexity index is 721. The van der Waals surface area contributed by atoms with Gasteiger partial charge in [-0.2, -0.15) is 4.98 Å². The zero-order valence-corrected chi connectivity index (χ0v) is 15.5. The van der Waals surface area contributed by atoms with E-state index in [-0.39, 0.29) is 0 Å². The van der Waals surface area contributed by atoms with Gasteiger partial charge >= 0.3 is 0 Å². The lowest BCUT2D eigenvalue weighted by Crippen LogP contribution is -2.38. The van der Waals surface area contributed by atoms with Crippen LogP contribution in [0.3, 0.4) is 0 Å². The molecule has 2 aromatic heterocycles. The number of piperidine rings is 1. The highest BCUT2D eigenvalue weighted by Gasteiger charge is 2.20. The summed E-state index contributed by atoms with van der Waals surface area (Å²) in [5.41, 5.74) is 2.00. The Kier molecular flexibility index (Phi) is 5.75. The van der Waals surface area contributed by atoms with Gasteiger partial charge in [-0.1, -0.05) is 6.07 Å². The smallest absolute Gasteiger partial charge is 0.231 e. The SMILES string of the molecule is Cc1cc(N2CCCCC2C)nc(NC(=S)NCc2cccnc2)n1. The van der Waals surface area contributed by atoms with Crippen molar-refractivity contribution in [1.29, 1.82) is 0 Å². The molecule has 1 fully saturated rings. The van der Waals surface area contributed by atoms with Gasteiger partial charge < -0.3 is 15.5 Å². The number of rotatable bonds is 4. The zero-order valence-electron chi connectivity index (χ0n) is 14.7. The van der Waals surface area contributed by atoms with Crippen molar-refractivity contribution < 1.29 is 0 Å². The van der Waals surface area contributed by atoms with Gasteiger partial charge in [0.2, 0.25) is 5.95 Å². The van der Waals surface area contributed by atoms with Crippen molar-refractivity contribution in [3.8, 4) is 0 Å². The fourth-order valence-corrected chi connectivity index (χ4v) is 3.19. The average molecular weight is 356 g/mol. The van der Waals surface area contributed by atoms with E-state index in [1.165, 1.54) is 19.3 Å². The summed E-state index contributed by atoms with van der Waals surface area (Å²) in [5.74, 6) is 1.51. The molecule has 25 heavy (non-hydrogen) atoms. The van der Waals surface area contributed by atoms with Crippen LogP contribution in [-0.4, -0.2) is 32.7 Å². The lowest BCUT2D eigenvalue weighted by molar-refractivity contribution is 0.481. The lowest BCUT2D eigenvalue weighted by Gasteiger charge is -2.34. The number of thiocarbonyl (C=S) groups is 1. The highest BCUT2D eigenvalue weighted by Crippen LogP contribution is 2.24. The van der Waals surface area contributed by atoms with Crippen LogP contribution in [-0.2, 0) is 6.54 Å². The maximum absolute atomic E-state index is 5.37. The predicted octanol–water partition coefficient (Wildman–Crippen LogP) is 3.05. The van der Waals surface area contributed by atoms with E-state index in [1.807, 2.05) is 31.3 Å². The minimum Gasteiger partial charge on any atom is -0.358 e. The summed E-state index contributed by atoms with van der Waals surface area (Å²) in [7, 11) is 0. The van der Waals surface area contributed by atoms with Crippen molar-refractivity contribution in [1.82, 2.24) is 20.3 Å². The fourth-order valence-electron chi connectivity index (χ4n) is 3.02. The first-order valence-electron chi connectivity index (χ1n) is 8.68. The van der Waals surface area contributed by atoms with E-state index in [2.05, 4.69) is 37.4 Å². The van der Waals surface area contributed by atoms with Crippen molar-refractivity contribution in [3.63, 3.8) is 0 Å². The second kappa shape index (κ2) is 8.20. The van der Waals surface area contributed by atoms with Crippen LogP contribution in [0.5, 0.6) is 0 Å². The van der Waals surface area contributed by atoms with Crippen LogP contribution in [0, 0.1) is 6.92 Å². The summed E-state index contributed by atoms with van der Waals surface area (Å²) in [5, 5.41) is 6.77. The Morgan fingerprint density at radius 1 is 1.36 bits per heavy atom. The van der Waals surface area contributed by atoms with Crippen molar-refractivity contribution in [2.75, 3.05) is 16.8 Å². The Hall–Kier alpha value is -2.28. The Morgan fingerprint density at radius 3 is 3.00 bits per heavy atom. The van der Waals surface area contributed by atoms with Crippen molar-refractivity contribution in [2.45, 2.75) is 45.7 Å². The predicted molar refractivity (Wildman–Crippen MR) is 105 cm³/mol. The van der Waals surface area contributed by atoms with Crippen LogP contribution in [0.15, 0.2) is 30.6 Å². The van der Waals surface area contributed by atoms with Crippen LogP contribution in [0.4, 0.5) is 11.8 Å². The molecule has 0 saturated carbocycles. The Labute approximate surface area is 154 Å². The van der Waals surface area contributed by atoms with Gasteiger partial charge in [0.25, 0.3) is 0 Å². The summed E-state index contributed by atoms with van der Waals surface area (Å²) in [6.07, 6.45) is 7.27. The van der Waals surface area contributed by atoms with Crippen molar-refractivity contribution in [2.24, 2.45) is 0 Å². The van der Waals surface area contributed by atoms with Gasteiger partial charge in [0.05, 0.1) is 0 Å². The molecule has 3 rings (SSSR count). The maximum atomic E-state index is 5.37. The molecule has 0 radical (unpaired) electrons. The van der Waals surface area contributed by atoms with Gasteiger partial charge in [-0.25, -0.2) is 4.98 Å². The third kappa shape index (κ3) is 4.85. The highest BCUT2D eigenvalue weighted by molar-refractivity contribution is 7.80. The molecule has 3 heterocycles. The largest absolute Gasteiger partial charge is 0.358 e. The summed E-state index contributed by atoms with van der Waals surface area (Å²) in [4.78, 5) is 15.6. The Balaban J connectivity index is 1.64. The van der Waals surface area contributed by atoms with Crippen LogP contribution in [0.2, 0.25) is 0 Å². The Morgan fingerprint density at radius 2 is 2.24 bits per heavy atom. The number of pyridine rings is 1. The second-order valence-electron chi connectivity index (χ2n) is 6.40. The van der Waals surface area contributed by atoms with E-state index in [9.17, 15) is 0 Å². The molecule has 1 aliphatic rings. The standard InChI is InChI=1S/C18H24N6S/c1-13-10-16(24-9-4-3-6-14(24)2)22-17(21-13)23-18(25)20-12-15-7-5-8-19-11-15/h5,7-8,10-11,14H,3-4,6,9,12H2,1-2H3,(H2,20,21,22,23,25). The van der Waals surface area contributed by atoms with E-state index < -0.39 is 0 Å². The van der Waals surface area contributed by atoms with Crippen LogP contribution in [0.1, 0.15) is 37.4 Å². The van der Waals surface area contributed by atoms with Crippen LogP contribution in [0.25, 0.3) is 0 Å². The molecular weight excluding hydrogens is 332 g/mol. The first kappa shape index (κ1) is 17.5. The molecule has 132 valence electrons. The summed E-state index contributed by atoms with van der Waals surface area (Å²) in [6.45, 7) is 5.89. The average Bonchev–Trinajstić information content (AvgIpc) is 2.61. The van der Waals surface area contributed by atoms with E-state index in [0.29, 0.717) is 23.6 Å². The summed E-state index contributed by atoms with van der Waals surface area (Å²) in [6, 6.07) is 6.45. The number of anilines is 2. The van der Waals surface area contributed by atoms with Gasteiger partial charge in [-0.15, -0.1) is 0 Å². The fraction of sp³-hybridized carbons (Fsp3) is 0.444. The molecule has 0 aliphatic carbocycles. The van der Waals surface area contributed by atoms with Gasteiger partial charge in [0, 0.05) is 43.3 Å². The maximum Gasteiger partial charge on any atom is 0.231 e. The monoisotopic (exact) mass is 356 g/mol. The van der Waals surface area contributed by atoms with Crippen molar-refractivity contribution in [3.05, 3.63) is 41.9 Å². The first-order valence-corrected chi connectivity index (χ1v) is 9.09. The number of hydrogen-bond donors (Lipinski definition) is 2. The molecule has 1 saturated heterocycles. The van der Waals surface area contributed by atoms with Gasteiger partial charge in [-0.05, 0) is 57.0 Å². The van der Waals surface area contributed by atoms with Gasteiger partial charge in [0.1, 0.15) is 5.82 Å². The molecule has 1 unspecified atom stereocenters. The molecular formula is C18H24N6S. The molecule has 6 nitrogen and oxygen atoms in total. The molecule has 2 aromatic rings. The number of hydrogen-bond acceptors (Lipinski definition) is 5. The molecule has 0 amide bonds. The number of aryl methyl sites for hydroxylation is 1. The van der Waals surface area contributed by atoms with E-state index in [1.54, 1.807) is 6.20 Å². The normalized spacial score (nSPS) is 17.2. The molecule has 0 aromatic carbocycles. The van der Waals surface area contributed by atoms with Gasteiger partial charge in [-0.3, -0.25) is 4.98 Å². The topological polar surface area (TPSA) is 66.0 Å². The highest BCUT2D eigenvalue weighted by atomic mass is 32.1. The quantitative estimate of drug-likeness (QED) is 0.816. The van der Waals surface area contributed by atoms with Crippen LogP contribution < -0.4 is 15.5 Å². The molecule has 1 atom stereocenters. The number of nitrogens with zero attached hydrogens (tertiary/aromatic N) is 4. The van der Waals surface area contributed by atoms with E-state index in [4.69, 9.17) is 12.2 Å². The minimum atomic E-state index is 0.506. The molecule has 1 aliphatic heterocycles. The van der Waals surface area contributed by atoms with E-state index >= 15 is 0 Å². The third-order valence-electron chi connectivity index (χ3n) is 4.34. The van der Waals surface area contributed by atoms with Crippen molar-refractivity contribution >= 4 is 29.1 Å². The molecule has 0 spiro atoms. The summed E-state index contributed by atoms with van der Waals surface area (Å²) >= 11 is 5.37. The van der Waals surface area contributed by atoms with E-state index in [0.717, 1.165) is 23.6 Å². The molecule has 2 N–H and O–H groups in total. The number of aromatic nitrogens is 3.